The first-order valence-corrected chi connectivity index (χ1v) is 5.70. The lowest BCUT2D eigenvalue weighted by atomic mass is 10.2. The van der Waals surface area contributed by atoms with E-state index in [1.165, 1.54) is 12.4 Å². The third kappa shape index (κ3) is 2.52. The molecule has 0 aliphatic heterocycles. The zero-order valence-electron chi connectivity index (χ0n) is 8.50. The van der Waals surface area contributed by atoms with E-state index in [4.69, 9.17) is 12.2 Å². The summed E-state index contributed by atoms with van der Waals surface area (Å²) in [7, 11) is 0. The summed E-state index contributed by atoms with van der Waals surface area (Å²) in [5, 5.41) is -0.872. The summed E-state index contributed by atoms with van der Waals surface area (Å²) < 4.78 is 37.4. The Bertz CT molecular complexity index is 600. The highest BCUT2D eigenvalue weighted by Gasteiger charge is 2.34. The lowest BCUT2D eigenvalue weighted by Crippen LogP contribution is -2.02. The second-order valence-electron chi connectivity index (χ2n) is 3.27. The topological polar surface area (TPSA) is 41.6 Å². The molecule has 0 saturated heterocycles. The van der Waals surface area contributed by atoms with Crippen LogP contribution < -0.4 is 0 Å². The number of hydrogen-bond donors (Lipinski definition) is 1. The Morgan fingerprint density at radius 1 is 1.29 bits per heavy atom. The van der Waals surface area contributed by atoms with Gasteiger partial charge >= 0.3 is 6.18 Å². The maximum atomic E-state index is 12.4. The Hall–Kier alpha value is -1.28. The predicted molar refractivity (Wildman–Crippen MR) is 60.3 cm³/mol. The molecule has 8 heteroatoms. The highest BCUT2D eigenvalue weighted by atomic mass is 32.1. The van der Waals surface area contributed by atoms with E-state index in [1.807, 2.05) is 0 Å². The number of aromatic nitrogens is 3. The van der Waals surface area contributed by atoms with Gasteiger partial charge in [0.1, 0.15) is 0 Å². The molecule has 0 fully saturated rings. The molecule has 17 heavy (non-hydrogen) atoms. The van der Waals surface area contributed by atoms with E-state index in [2.05, 4.69) is 15.0 Å². The van der Waals surface area contributed by atoms with Crippen molar-refractivity contribution in [2.24, 2.45) is 0 Å². The molecule has 0 saturated carbocycles. The van der Waals surface area contributed by atoms with Gasteiger partial charge in [-0.1, -0.05) is 0 Å². The van der Waals surface area contributed by atoms with Gasteiger partial charge in [0.2, 0.25) is 0 Å². The van der Waals surface area contributed by atoms with Gasteiger partial charge in [-0.15, -0.1) is 11.3 Å². The number of nitrogens with one attached hydrogen (secondary N) is 1. The quantitative estimate of drug-likeness (QED) is 0.810. The average Bonchev–Trinajstić information content (AvgIpc) is 2.70. The first kappa shape index (κ1) is 12.2. The van der Waals surface area contributed by atoms with Crippen molar-refractivity contribution in [3.63, 3.8) is 0 Å². The predicted octanol–water partition coefficient (Wildman–Crippen LogP) is 3.59. The van der Waals surface area contributed by atoms with Crippen LogP contribution in [0.4, 0.5) is 13.2 Å². The molecule has 2 heterocycles. The van der Waals surface area contributed by atoms with Gasteiger partial charge in [-0.05, 0) is 24.7 Å². The fourth-order valence-electron chi connectivity index (χ4n) is 1.23. The summed E-state index contributed by atoms with van der Waals surface area (Å²) in [6, 6.07) is 0. The molecule has 0 unspecified atom stereocenters. The second-order valence-corrected chi connectivity index (χ2v) is 4.69. The molecule has 0 radical (unpaired) electrons. The van der Waals surface area contributed by atoms with Crippen LogP contribution in [0, 0.1) is 11.7 Å². The number of hydrogen-bond acceptors (Lipinski definition) is 4. The van der Waals surface area contributed by atoms with Crippen molar-refractivity contribution in [2.75, 3.05) is 0 Å². The van der Waals surface area contributed by atoms with Gasteiger partial charge in [0, 0.05) is 12.4 Å². The van der Waals surface area contributed by atoms with Crippen molar-refractivity contribution in [1.29, 1.82) is 0 Å². The molecule has 0 aliphatic rings. The van der Waals surface area contributed by atoms with Gasteiger partial charge < -0.3 is 4.98 Å². The number of nitrogens with zero attached hydrogens (tertiary/aromatic N) is 2. The Labute approximate surface area is 103 Å². The van der Waals surface area contributed by atoms with Gasteiger partial charge in [-0.3, -0.25) is 0 Å². The largest absolute Gasteiger partial charge is 0.443 e. The minimum absolute atomic E-state index is 0.229. The van der Waals surface area contributed by atoms with Crippen molar-refractivity contribution >= 4 is 23.6 Å². The molecule has 2 aromatic heterocycles. The zero-order chi connectivity index (χ0) is 12.6. The highest BCUT2D eigenvalue weighted by Crippen LogP contribution is 2.36. The Balaban J connectivity index is 2.51. The summed E-state index contributed by atoms with van der Waals surface area (Å²) in [5.41, 5.74) is 1.24. The third-order valence-corrected chi connectivity index (χ3v) is 3.26. The first-order valence-electron chi connectivity index (χ1n) is 4.47. The molecular formula is C9H6F3N3S2. The monoisotopic (exact) mass is 277 g/mol. The fourth-order valence-corrected chi connectivity index (χ4v) is 2.24. The van der Waals surface area contributed by atoms with Gasteiger partial charge in [0.05, 0.1) is 10.6 Å². The molecule has 0 amide bonds. The maximum Gasteiger partial charge on any atom is 0.443 e. The van der Waals surface area contributed by atoms with E-state index >= 15 is 0 Å². The van der Waals surface area contributed by atoms with E-state index in [0.717, 1.165) is 5.56 Å². The van der Waals surface area contributed by atoms with Crippen LogP contribution in [-0.4, -0.2) is 15.0 Å². The van der Waals surface area contributed by atoms with E-state index in [-0.39, 0.29) is 4.77 Å². The van der Waals surface area contributed by atoms with Crippen molar-refractivity contribution < 1.29 is 13.2 Å². The van der Waals surface area contributed by atoms with Crippen LogP contribution in [-0.2, 0) is 6.18 Å². The zero-order valence-corrected chi connectivity index (χ0v) is 10.1. The molecule has 0 atom stereocenters. The van der Waals surface area contributed by atoms with Crippen LogP contribution >= 0.6 is 23.6 Å². The summed E-state index contributed by atoms with van der Waals surface area (Å²) in [5.74, 6) is 0. The van der Waals surface area contributed by atoms with Crippen LogP contribution in [0.5, 0.6) is 0 Å². The number of rotatable bonds is 1. The van der Waals surface area contributed by atoms with Crippen LogP contribution in [0.2, 0.25) is 0 Å². The summed E-state index contributed by atoms with van der Waals surface area (Å²) in [4.78, 5) is 10.4. The van der Waals surface area contributed by atoms with E-state index in [9.17, 15) is 13.2 Å². The van der Waals surface area contributed by atoms with Gasteiger partial charge in [-0.25, -0.2) is 9.97 Å². The summed E-state index contributed by atoms with van der Waals surface area (Å²) in [6.45, 7) is 1.74. The number of aromatic amines is 1. The number of alkyl halides is 3. The number of H-pyrrole nitrogens is 1. The lowest BCUT2D eigenvalue weighted by Gasteiger charge is -2.02. The van der Waals surface area contributed by atoms with E-state index < -0.39 is 11.2 Å². The molecule has 90 valence electrons. The van der Waals surface area contributed by atoms with Gasteiger partial charge in [0.25, 0.3) is 0 Å². The molecule has 3 nitrogen and oxygen atoms in total. The maximum absolute atomic E-state index is 12.4. The first-order chi connectivity index (χ1) is 7.88. The number of aryl methyl sites for hydroxylation is 1. The smallest absolute Gasteiger partial charge is 0.329 e. The molecule has 0 spiro atoms. The summed E-state index contributed by atoms with van der Waals surface area (Å²) in [6.07, 6.45) is -1.72. The van der Waals surface area contributed by atoms with Gasteiger partial charge in [-0.2, -0.15) is 13.2 Å². The Morgan fingerprint density at radius 2 is 2.00 bits per heavy atom. The normalized spacial score (nSPS) is 11.8. The van der Waals surface area contributed by atoms with Crippen LogP contribution in [0.3, 0.4) is 0 Å². The van der Waals surface area contributed by atoms with Crippen molar-refractivity contribution in [3.05, 3.63) is 27.7 Å². The lowest BCUT2D eigenvalue weighted by molar-refractivity contribution is -0.137. The number of thiazole rings is 1. The second kappa shape index (κ2) is 4.19. The minimum Gasteiger partial charge on any atom is -0.329 e. The van der Waals surface area contributed by atoms with Crippen LogP contribution in [0.15, 0.2) is 12.4 Å². The molecule has 1 N–H and O–H groups in total. The van der Waals surface area contributed by atoms with E-state index in [0.29, 0.717) is 21.9 Å². The molecule has 0 aliphatic carbocycles. The molecule has 0 aromatic carbocycles. The standard InChI is InChI=1S/C9H6F3N3S2/c1-4-2-14-8(16)15-6(4)5-3-13-7(17-5)9(10,11)12/h2-3H,1H3,(H,14,15,16). The fraction of sp³-hybridized carbons (Fsp3) is 0.222. The van der Waals surface area contributed by atoms with Gasteiger partial charge in [0.15, 0.2) is 9.78 Å². The van der Waals surface area contributed by atoms with Crippen LogP contribution in [0.1, 0.15) is 10.6 Å². The van der Waals surface area contributed by atoms with Crippen molar-refractivity contribution in [3.8, 4) is 10.6 Å². The highest BCUT2D eigenvalue weighted by molar-refractivity contribution is 7.71. The summed E-state index contributed by atoms with van der Waals surface area (Å²) >= 11 is 5.41. The average molecular weight is 277 g/mol. The van der Waals surface area contributed by atoms with Crippen LogP contribution in [0.25, 0.3) is 10.6 Å². The molecule has 2 rings (SSSR count). The SMILES string of the molecule is Cc1cnc(=S)[nH]c1-c1cnc(C(F)(F)F)s1. The van der Waals surface area contributed by atoms with Crippen molar-refractivity contribution in [1.82, 2.24) is 15.0 Å². The Kier molecular flexibility index (Phi) is 3.00. The Morgan fingerprint density at radius 3 is 2.59 bits per heavy atom. The molecule has 0 bridgehead atoms. The third-order valence-electron chi connectivity index (χ3n) is 2.00. The van der Waals surface area contributed by atoms with Crippen molar-refractivity contribution in [2.45, 2.75) is 13.1 Å². The minimum atomic E-state index is -4.42. The van der Waals surface area contributed by atoms with E-state index in [1.54, 1.807) is 6.92 Å². The number of halogens is 3. The molecule has 2 aromatic rings. The molecular weight excluding hydrogens is 271 g/mol.